The number of hydrogen-bond donors (Lipinski definition) is 3. The summed E-state index contributed by atoms with van der Waals surface area (Å²) in [6.45, 7) is 4.13. The fourth-order valence-corrected chi connectivity index (χ4v) is 4.83. The third-order valence-electron chi connectivity index (χ3n) is 7.07. The number of allylic oxidation sites excluding steroid dienone is 1. The van der Waals surface area contributed by atoms with Gasteiger partial charge in [0.05, 0.1) is 11.7 Å². The molecule has 2 fully saturated rings. The summed E-state index contributed by atoms with van der Waals surface area (Å²) in [4.78, 5) is 22.8. The monoisotopic (exact) mass is 490 g/mol. The molecule has 1 atom stereocenters. The maximum atomic E-state index is 14.2. The second-order valence-corrected chi connectivity index (χ2v) is 10.0. The molecule has 6 rings (SSSR count). The molecule has 0 amide bonds. The Labute approximate surface area is 207 Å². The molecule has 3 N–H and O–H groups in total. The lowest BCUT2D eigenvalue weighted by Crippen LogP contribution is -2.45. The van der Waals surface area contributed by atoms with Crippen molar-refractivity contribution in [2.45, 2.75) is 56.7 Å². The van der Waals surface area contributed by atoms with Crippen molar-refractivity contribution in [1.29, 1.82) is 0 Å². The molecule has 8 nitrogen and oxygen atoms in total. The van der Waals surface area contributed by atoms with Gasteiger partial charge in [0.2, 0.25) is 0 Å². The molecule has 3 aromatic heterocycles. The highest BCUT2D eigenvalue weighted by atomic mass is 19.1. The van der Waals surface area contributed by atoms with Crippen molar-refractivity contribution < 1.29 is 8.78 Å². The zero-order valence-corrected chi connectivity index (χ0v) is 20.1. The van der Waals surface area contributed by atoms with E-state index in [1.807, 2.05) is 6.20 Å². The quantitative estimate of drug-likeness (QED) is 0.446. The van der Waals surface area contributed by atoms with Gasteiger partial charge in [0.25, 0.3) is 0 Å². The standard InChI is InChI=1S/C26H28F2N8/c1-26(7-10-29-11-8-26)36-25-22-17(15-2-3-15)13-30-14-19(22)32-23(35-25)16-6-9-31-21(12-16)34-24-18(27)4-5-20(28)33-24/h5-6,9,12-15,18,29H,2-4,7-8,10-11H2,1H3,(H,31,33,34)(H,32,35,36). The maximum absolute atomic E-state index is 14.2. The van der Waals surface area contributed by atoms with Gasteiger partial charge in [0.15, 0.2) is 23.8 Å². The Morgan fingerprint density at radius 2 is 2.00 bits per heavy atom. The fourth-order valence-electron chi connectivity index (χ4n) is 4.83. The molecule has 0 radical (unpaired) electrons. The average molecular weight is 491 g/mol. The summed E-state index contributed by atoms with van der Waals surface area (Å²) in [7, 11) is 0. The molecule has 1 unspecified atom stereocenters. The van der Waals surface area contributed by atoms with Crippen LogP contribution in [0.5, 0.6) is 0 Å². The van der Waals surface area contributed by atoms with E-state index in [0.29, 0.717) is 17.3 Å². The van der Waals surface area contributed by atoms with Crippen molar-refractivity contribution in [3.8, 4) is 11.4 Å². The van der Waals surface area contributed by atoms with Crippen LogP contribution in [-0.4, -0.2) is 50.6 Å². The first-order valence-corrected chi connectivity index (χ1v) is 12.4. The van der Waals surface area contributed by atoms with Crippen molar-refractivity contribution in [3.05, 3.63) is 48.3 Å². The first-order valence-electron chi connectivity index (χ1n) is 12.4. The highest BCUT2D eigenvalue weighted by molar-refractivity contribution is 5.94. The van der Waals surface area contributed by atoms with Crippen LogP contribution in [0.3, 0.4) is 0 Å². The minimum atomic E-state index is -1.42. The summed E-state index contributed by atoms with van der Waals surface area (Å²) < 4.78 is 27.9. The predicted octanol–water partition coefficient (Wildman–Crippen LogP) is 4.69. The summed E-state index contributed by atoms with van der Waals surface area (Å²) in [6.07, 6.45) is 9.24. The number of hydrogen-bond acceptors (Lipinski definition) is 7. The number of piperidine rings is 1. The zero-order chi connectivity index (χ0) is 24.7. The molecule has 10 heteroatoms. The summed E-state index contributed by atoms with van der Waals surface area (Å²) in [5, 5.41) is 10.6. The van der Waals surface area contributed by atoms with Gasteiger partial charge in [0.1, 0.15) is 11.7 Å². The van der Waals surface area contributed by atoms with E-state index in [0.717, 1.165) is 61.6 Å². The van der Waals surface area contributed by atoms with Crippen LogP contribution in [0.2, 0.25) is 0 Å². The van der Waals surface area contributed by atoms with Crippen LogP contribution in [-0.2, 0) is 0 Å². The molecule has 1 saturated heterocycles. The largest absolute Gasteiger partial charge is 0.364 e. The van der Waals surface area contributed by atoms with Crippen LogP contribution in [0.15, 0.2) is 47.7 Å². The highest BCUT2D eigenvalue weighted by Crippen LogP contribution is 2.44. The topological polar surface area (TPSA) is 100 Å². The molecule has 2 aliphatic heterocycles. The van der Waals surface area contributed by atoms with Gasteiger partial charge < -0.3 is 16.0 Å². The highest BCUT2D eigenvalue weighted by Gasteiger charge is 2.31. The van der Waals surface area contributed by atoms with Crippen LogP contribution < -0.4 is 16.0 Å². The number of pyridine rings is 2. The Kier molecular flexibility index (Phi) is 5.83. The van der Waals surface area contributed by atoms with Gasteiger partial charge in [-0.05, 0) is 75.4 Å². The molecule has 5 heterocycles. The van der Waals surface area contributed by atoms with E-state index in [9.17, 15) is 8.78 Å². The molecular weight excluding hydrogens is 462 g/mol. The third-order valence-corrected chi connectivity index (χ3v) is 7.07. The number of fused-ring (bicyclic) bond motifs is 1. The number of anilines is 1. The predicted molar refractivity (Wildman–Crippen MR) is 136 cm³/mol. The van der Waals surface area contributed by atoms with Gasteiger partial charge in [-0.1, -0.05) is 0 Å². The number of aromatic nitrogens is 4. The first kappa shape index (κ1) is 22.9. The molecule has 0 spiro atoms. The second kappa shape index (κ2) is 9.16. The Bertz CT molecular complexity index is 1360. The van der Waals surface area contributed by atoms with Crippen molar-refractivity contribution in [2.75, 3.05) is 18.4 Å². The first-order chi connectivity index (χ1) is 17.5. The molecule has 0 bridgehead atoms. The number of aliphatic imine (C=N–C) groups is 1. The minimum absolute atomic E-state index is 0.0647. The van der Waals surface area contributed by atoms with E-state index in [2.05, 4.69) is 37.8 Å². The average Bonchev–Trinajstić information content (AvgIpc) is 3.72. The van der Waals surface area contributed by atoms with E-state index < -0.39 is 12.1 Å². The van der Waals surface area contributed by atoms with Gasteiger partial charge in [-0.15, -0.1) is 0 Å². The molecule has 36 heavy (non-hydrogen) atoms. The van der Waals surface area contributed by atoms with Crippen molar-refractivity contribution >= 4 is 28.4 Å². The Hall–Kier alpha value is -3.53. The lowest BCUT2D eigenvalue weighted by Gasteiger charge is -2.36. The number of halogens is 2. The molecule has 186 valence electrons. The van der Waals surface area contributed by atoms with E-state index in [1.165, 1.54) is 5.56 Å². The van der Waals surface area contributed by atoms with Crippen LogP contribution in [0.4, 0.5) is 20.4 Å². The van der Waals surface area contributed by atoms with E-state index >= 15 is 0 Å². The van der Waals surface area contributed by atoms with Crippen molar-refractivity contribution in [2.24, 2.45) is 4.99 Å². The van der Waals surface area contributed by atoms with E-state index in [1.54, 1.807) is 24.5 Å². The number of nitrogens with zero attached hydrogens (tertiary/aromatic N) is 5. The van der Waals surface area contributed by atoms with Gasteiger partial charge >= 0.3 is 0 Å². The zero-order valence-electron chi connectivity index (χ0n) is 20.1. The normalized spacial score (nSPS) is 22.8. The third kappa shape index (κ3) is 4.65. The smallest absolute Gasteiger partial charge is 0.188 e. The summed E-state index contributed by atoms with van der Waals surface area (Å²) >= 11 is 0. The van der Waals surface area contributed by atoms with Gasteiger partial charge in [0, 0.05) is 35.3 Å². The lowest BCUT2D eigenvalue weighted by atomic mass is 9.90. The van der Waals surface area contributed by atoms with Crippen LogP contribution in [0.1, 0.15) is 50.5 Å². The molecule has 3 aromatic rings. The summed E-state index contributed by atoms with van der Waals surface area (Å²) in [5.41, 5.74) is 2.56. The van der Waals surface area contributed by atoms with Gasteiger partial charge in [-0.25, -0.2) is 24.3 Å². The Morgan fingerprint density at radius 1 is 1.17 bits per heavy atom. The number of alkyl halides is 1. The summed E-state index contributed by atoms with van der Waals surface area (Å²) in [6, 6.07) is 3.48. The molecule has 3 aliphatic rings. The van der Waals surface area contributed by atoms with Crippen molar-refractivity contribution in [1.82, 2.24) is 30.6 Å². The second-order valence-electron chi connectivity index (χ2n) is 10.0. The van der Waals surface area contributed by atoms with Crippen LogP contribution >= 0.6 is 0 Å². The molecule has 1 aliphatic carbocycles. The number of rotatable bonds is 5. The van der Waals surface area contributed by atoms with Crippen LogP contribution in [0, 0.1) is 0 Å². The van der Waals surface area contributed by atoms with Gasteiger partial charge in [-0.3, -0.25) is 4.98 Å². The Morgan fingerprint density at radius 3 is 2.81 bits per heavy atom. The molecule has 1 saturated carbocycles. The maximum Gasteiger partial charge on any atom is 0.188 e. The van der Waals surface area contributed by atoms with E-state index in [-0.39, 0.29) is 23.6 Å². The Balaban J connectivity index is 1.42. The van der Waals surface area contributed by atoms with Crippen LogP contribution in [0.25, 0.3) is 22.3 Å². The number of nitrogens with one attached hydrogen (secondary N) is 3. The number of amidine groups is 1. The van der Waals surface area contributed by atoms with Gasteiger partial charge in [-0.2, -0.15) is 4.39 Å². The summed E-state index contributed by atoms with van der Waals surface area (Å²) in [5.74, 6) is 1.34. The van der Waals surface area contributed by atoms with Crippen molar-refractivity contribution in [3.63, 3.8) is 0 Å². The molecule has 0 aromatic carbocycles. The molecular formula is C26H28F2N8. The fraction of sp³-hybridized carbons (Fsp3) is 0.423. The minimum Gasteiger partial charge on any atom is -0.364 e. The SMILES string of the molecule is CC1(Nc2nc(-c3ccnc(N=C4NC(F)=CCC4F)c3)nc3cncc(C4CC4)c23)CCNCC1. The van der Waals surface area contributed by atoms with E-state index in [4.69, 9.17) is 9.97 Å². The lowest BCUT2D eigenvalue weighted by molar-refractivity contribution is 0.364.